The topological polar surface area (TPSA) is 6.02 Å². The molecule has 6 rings (SSSR count). The SMILES string of the molecule is C=C(/C=C\C)CCC/C=C/C1=[N+](C(=C\C)/C=C/c2ccsc2)CCCc2ccc3c(c21)C1=[N+](CCC3)CC(/C=C/c2ccsc2)=CC(/C=C/C(/C=C\C)=C/C)=C1. The monoisotopic (exact) mass is 774 g/mol. The Morgan fingerprint density at radius 3 is 2.16 bits per heavy atom. The van der Waals surface area contributed by atoms with Crippen molar-refractivity contribution in [2.24, 2.45) is 0 Å². The molecule has 0 atom stereocenters. The summed E-state index contributed by atoms with van der Waals surface area (Å²) in [5.74, 6) is 0. The molecule has 0 spiro atoms. The summed E-state index contributed by atoms with van der Waals surface area (Å²) in [5.41, 5.74) is 17.0. The van der Waals surface area contributed by atoms with Gasteiger partial charge in [-0.15, -0.1) is 0 Å². The first-order chi connectivity index (χ1) is 27.5. The lowest BCUT2D eigenvalue weighted by Gasteiger charge is -2.15. The van der Waals surface area contributed by atoms with Crippen LogP contribution in [0.2, 0.25) is 0 Å². The van der Waals surface area contributed by atoms with Crippen molar-refractivity contribution in [3.05, 3.63) is 199 Å². The van der Waals surface area contributed by atoms with E-state index in [1.54, 1.807) is 22.7 Å². The molecule has 0 radical (unpaired) electrons. The number of aryl methyl sites for hydroxylation is 2. The molecule has 0 fully saturated rings. The lowest BCUT2D eigenvalue weighted by atomic mass is 9.86. The smallest absolute Gasteiger partial charge is 0.213 e. The minimum atomic E-state index is 0.868. The molecule has 3 aliphatic rings. The molecule has 3 aromatic rings. The number of nitrogens with zero attached hydrogens (tertiary/aromatic N) is 2. The zero-order valence-corrected chi connectivity index (χ0v) is 35.5. The van der Waals surface area contributed by atoms with Crippen LogP contribution in [-0.2, 0) is 12.8 Å². The van der Waals surface area contributed by atoms with E-state index in [2.05, 4.69) is 186 Å². The number of allylic oxidation sites excluding steroid dienone is 16. The van der Waals surface area contributed by atoms with Crippen molar-refractivity contribution >= 4 is 46.2 Å². The van der Waals surface area contributed by atoms with Gasteiger partial charge in [0.25, 0.3) is 0 Å². The van der Waals surface area contributed by atoms with E-state index in [0.717, 1.165) is 64.6 Å². The fourth-order valence-corrected chi connectivity index (χ4v) is 9.08. The normalized spacial score (nSPS) is 17.3. The molecule has 56 heavy (non-hydrogen) atoms. The van der Waals surface area contributed by atoms with Gasteiger partial charge >= 0.3 is 0 Å². The van der Waals surface area contributed by atoms with E-state index in [1.165, 1.54) is 72.8 Å². The third-order valence-corrected chi connectivity index (χ3v) is 12.0. The van der Waals surface area contributed by atoms with Gasteiger partial charge in [0.15, 0.2) is 6.54 Å². The van der Waals surface area contributed by atoms with Gasteiger partial charge in [0.1, 0.15) is 13.1 Å². The molecule has 0 unspecified atom stereocenters. The summed E-state index contributed by atoms with van der Waals surface area (Å²) in [5, 5.41) is 8.75. The first kappa shape index (κ1) is 40.8. The molecule has 0 aliphatic carbocycles. The van der Waals surface area contributed by atoms with Crippen LogP contribution in [0.4, 0.5) is 0 Å². The maximum atomic E-state index is 4.27. The zero-order valence-electron chi connectivity index (χ0n) is 33.8. The summed E-state index contributed by atoms with van der Waals surface area (Å²) in [6, 6.07) is 9.29. The average Bonchev–Trinajstić information content (AvgIpc) is 3.83. The Bertz CT molecular complexity index is 2230. The number of fused-ring (bicyclic) bond motifs is 4. The van der Waals surface area contributed by atoms with Gasteiger partial charge in [-0.1, -0.05) is 85.0 Å². The van der Waals surface area contributed by atoms with Crippen molar-refractivity contribution in [3.8, 4) is 0 Å². The summed E-state index contributed by atoms with van der Waals surface area (Å²) in [4.78, 5) is 0. The second kappa shape index (κ2) is 20.9. The second-order valence-electron chi connectivity index (χ2n) is 14.6. The molecule has 4 heteroatoms. The molecule has 1 aromatic carbocycles. The Morgan fingerprint density at radius 2 is 1.46 bits per heavy atom. The molecule has 5 heterocycles. The Hall–Kier alpha value is -4.90. The highest BCUT2D eigenvalue weighted by molar-refractivity contribution is 7.08. The molecule has 0 saturated heterocycles. The summed E-state index contributed by atoms with van der Waals surface area (Å²) in [7, 11) is 0. The van der Waals surface area contributed by atoms with E-state index in [1.807, 2.05) is 0 Å². The van der Waals surface area contributed by atoms with Gasteiger partial charge in [0, 0.05) is 36.6 Å². The molecule has 286 valence electrons. The van der Waals surface area contributed by atoms with Gasteiger partial charge in [0.2, 0.25) is 17.1 Å². The van der Waals surface area contributed by atoms with Crippen molar-refractivity contribution in [1.29, 1.82) is 0 Å². The van der Waals surface area contributed by atoms with Crippen LogP contribution in [0.3, 0.4) is 0 Å². The molecule has 3 aliphatic heterocycles. The highest BCUT2D eigenvalue weighted by Crippen LogP contribution is 2.31. The summed E-state index contributed by atoms with van der Waals surface area (Å²) in [6.07, 6.45) is 43.9. The van der Waals surface area contributed by atoms with Gasteiger partial charge in [0.05, 0.1) is 11.1 Å². The minimum absolute atomic E-state index is 0.868. The van der Waals surface area contributed by atoms with Crippen molar-refractivity contribution in [3.63, 3.8) is 0 Å². The van der Waals surface area contributed by atoms with E-state index in [4.69, 9.17) is 0 Å². The van der Waals surface area contributed by atoms with Gasteiger partial charge in [-0.25, -0.2) is 4.58 Å². The predicted octanol–water partition coefficient (Wildman–Crippen LogP) is 13.4. The van der Waals surface area contributed by atoms with Crippen LogP contribution in [0, 0.1) is 0 Å². The first-order valence-corrected chi connectivity index (χ1v) is 22.2. The van der Waals surface area contributed by atoms with E-state index in [0.29, 0.717) is 0 Å². The van der Waals surface area contributed by atoms with Crippen molar-refractivity contribution < 1.29 is 9.15 Å². The Balaban J connectivity index is 1.54. The molecular formula is C52H58N2S2+2. The van der Waals surface area contributed by atoms with Crippen LogP contribution < -0.4 is 0 Å². The number of rotatable bonds is 14. The fraction of sp³-hybridized carbons (Fsp3) is 0.269. The second-order valence-corrected chi connectivity index (χ2v) is 16.2. The van der Waals surface area contributed by atoms with E-state index >= 15 is 0 Å². The number of benzene rings is 1. The van der Waals surface area contributed by atoms with E-state index < -0.39 is 0 Å². The molecule has 0 N–H and O–H groups in total. The number of unbranched alkanes of at least 4 members (excludes halogenated alkanes) is 1. The Labute approximate surface area is 344 Å². The van der Waals surface area contributed by atoms with Gasteiger partial charge < -0.3 is 0 Å². The third kappa shape index (κ3) is 10.7. The van der Waals surface area contributed by atoms with Crippen molar-refractivity contribution in [2.45, 2.75) is 72.6 Å². The first-order valence-electron chi connectivity index (χ1n) is 20.4. The number of hydrogen-bond acceptors (Lipinski definition) is 2. The number of thiophene rings is 2. The standard InChI is InChI=1S/C52H58N2S2/c1-6-15-40(5)17-11-10-12-20-49-51-46(19-14-32-54(49)48(9-4)28-25-43-30-34-56-39-43)26-27-47-18-13-31-53-37-45(24-22-42-29-33-55-38-42)35-44(36-50(53)52(47)51)23-21-41(8-3)16-7-2/h6-9,12,15-16,20-30,33-36,38-39H,5,10-11,13-14,17-19,31-32,37H2,1-4H3/q+2/b15-6-,16-7-,20-12+,23-21+,24-22+,28-25+,41-8+,48-9-. The quantitative estimate of drug-likeness (QED) is 0.0874. The molecule has 0 saturated carbocycles. The summed E-state index contributed by atoms with van der Waals surface area (Å²) < 4.78 is 5.26. The summed E-state index contributed by atoms with van der Waals surface area (Å²) >= 11 is 3.49. The van der Waals surface area contributed by atoms with Crippen molar-refractivity contribution in [1.82, 2.24) is 0 Å². The highest BCUT2D eigenvalue weighted by atomic mass is 32.1. The lowest BCUT2D eigenvalue weighted by molar-refractivity contribution is -0.517. The molecule has 2 nitrogen and oxygen atoms in total. The molecule has 0 bridgehead atoms. The van der Waals surface area contributed by atoms with E-state index in [9.17, 15) is 0 Å². The van der Waals surface area contributed by atoms with Crippen molar-refractivity contribution in [2.75, 3.05) is 19.6 Å². The molecule has 0 amide bonds. The molecule has 2 aromatic heterocycles. The Morgan fingerprint density at radius 1 is 0.732 bits per heavy atom. The lowest BCUT2D eigenvalue weighted by Crippen LogP contribution is -2.26. The zero-order chi connectivity index (χ0) is 39.1. The van der Waals surface area contributed by atoms with Crippen LogP contribution in [0.15, 0.2) is 165 Å². The average molecular weight is 775 g/mol. The van der Waals surface area contributed by atoms with Crippen LogP contribution in [-0.4, -0.2) is 40.2 Å². The van der Waals surface area contributed by atoms with Gasteiger partial charge in [-0.05, 0) is 145 Å². The van der Waals surface area contributed by atoms with Crippen LogP contribution in [0.5, 0.6) is 0 Å². The maximum absolute atomic E-state index is 4.27. The molecular weight excluding hydrogens is 717 g/mol. The summed E-state index contributed by atoms with van der Waals surface area (Å²) in [6.45, 7) is 15.6. The van der Waals surface area contributed by atoms with Crippen LogP contribution in [0.1, 0.15) is 93.2 Å². The fourth-order valence-electron chi connectivity index (χ4n) is 7.82. The van der Waals surface area contributed by atoms with Gasteiger partial charge in [-0.3, -0.25) is 0 Å². The predicted molar refractivity (Wildman–Crippen MR) is 248 cm³/mol. The third-order valence-electron chi connectivity index (χ3n) is 10.6. The van der Waals surface area contributed by atoms with Crippen LogP contribution >= 0.6 is 22.7 Å². The largest absolute Gasteiger partial charge is 0.225 e. The van der Waals surface area contributed by atoms with Gasteiger partial charge in [-0.2, -0.15) is 27.2 Å². The van der Waals surface area contributed by atoms with Crippen LogP contribution in [0.25, 0.3) is 12.2 Å². The minimum Gasteiger partial charge on any atom is -0.225 e. The Kier molecular flexibility index (Phi) is 15.2. The van der Waals surface area contributed by atoms with E-state index in [-0.39, 0.29) is 0 Å². The maximum Gasteiger partial charge on any atom is 0.213 e. The number of hydrogen-bond donors (Lipinski definition) is 0. The highest BCUT2D eigenvalue weighted by Gasteiger charge is 2.34.